The summed E-state index contributed by atoms with van der Waals surface area (Å²) in [7, 11) is 0. The molecular formula is C20H13N3. The maximum atomic E-state index is 4.95. The van der Waals surface area contributed by atoms with Crippen LogP contribution in [0.4, 0.5) is 0 Å². The minimum Gasteiger partial charge on any atom is -0.338 e. The summed E-state index contributed by atoms with van der Waals surface area (Å²) in [5.41, 5.74) is 7.80. The summed E-state index contributed by atoms with van der Waals surface area (Å²) in [6, 6.07) is 17.1. The first kappa shape index (κ1) is 11.6. The Balaban J connectivity index is 1.88. The normalized spacial score (nSPS) is 13.7. The number of fused-ring (bicyclic) bond motifs is 5. The van der Waals surface area contributed by atoms with Crippen LogP contribution in [0.5, 0.6) is 0 Å². The van der Waals surface area contributed by atoms with Crippen molar-refractivity contribution in [3.05, 3.63) is 59.7 Å². The van der Waals surface area contributed by atoms with E-state index in [2.05, 4.69) is 41.4 Å². The van der Waals surface area contributed by atoms with Crippen LogP contribution in [0.3, 0.4) is 0 Å². The van der Waals surface area contributed by atoms with Crippen LogP contribution in [0.2, 0.25) is 0 Å². The Morgan fingerprint density at radius 3 is 2.65 bits per heavy atom. The summed E-state index contributed by atoms with van der Waals surface area (Å²) < 4.78 is 0. The maximum absolute atomic E-state index is 4.95. The van der Waals surface area contributed by atoms with E-state index in [0.29, 0.717) is 0 Å². The van der Waals surface area contributed by atoms with Gasteiger partial charge in [-0.05, 0) is 41.5 Å². The largest absolute Gasteiger partial charge is 0.338 e. The lowest BCUT2D eigenvalue weighted by Gasteiger charge is -2.06. The van der Waals surface area contributed by atoms with Crippen molar-refractivity contribution in [1.82, 2.24) is 15.0 Å². The zero-order valence-electron chi connectivity index (χ0n) is 12.4. The van der Waals surface area contributed by atoms with Crippen LogP contribution in [0.1, 0.15) is 11.1 Å². The van der Waals surface area contributed by atoms with E-state index in [1.165, 1.54) is 21.9 Å². The number of nitrogens with one attached hydrogen (secondary N) is 1. The highest BCUT2D eigenvalue weighted by Gasteiger charge is 2.18. The lowest BCUT2D eigenvalue weighted by Crippen LogP contribution is -1.90. The molecule has 1 aliphatic carbocycles. The summed E-state index contributed by atoms with van der Waals surface area (Å²) in [5.74, 6) is 0. The van der Waals surface area contributed by atoms with E-state index in [1.807, 2.05) is 12.1 Å². The number of aromatic nitrogens is 3. The van der Waals surface area contributed by atoms with Gasteiger partial charge in [-0.25, -0.2) is 9.97 Å². The number of aromatic amines is 1. The zero-order chi connectivity index (χ0) is 15.0. The number of H-pyrrole nitrogens is 1. The molecule has 0 atom stereocenters. The van der Waals surface area contributed by atoms with Crippen molar-refractivity contribution in [3.8, 4) is 0 Å². The van der Waals surface area contributed by atoms with Gasteiger partial charge in [-0.3, -0.25) is 0 Å². The monoisotopic (exact) mass is 295 g/mol. The van der Waals surface area contributed by atoms with Crippen molar-refractivity contribution >= 4 is 43.9 Å². The summed E-state index contributed by atoms with van der Waals surface area (Å²) in [4.78, 5) is 13.3. The van der Waals surface area contributed by atoms with E-state index in [1.54, 1.807) is 0 Å². The molecule has 5 aromatic rings. The smallest absolute Gasteiger partial charge is 0.157 e. The van der Waals surface area contributed by atoms with Gasteiger partial charge < -0.3 is 4.98 Å². The molecule has 3 heteroatoms. The molecule has 0 amide bonds. The van der Waals surface area contributed by atoms with Crippen molar-refractivity contribution in [2.75, 3.05) is 0 Å². The highest BCUT2D eigenvalue weighted by molar-refractivity contribution is 6.12. The highest BCUT2D eigenvalue weighted by Crippen LogP contribution is 2.36. The SMILES string of the molecule is c1ccc2c(c1)[nH]c1nc3c(cc4c5c(cccc53)CC4)nc12. The molecule has 0 unspecified atom stereocenters. The van der Waals surface area contributed by atoms with E-state index >= 15 is 0 Å². The lowest BCUT2D eigenvalue weighted by molar-refractivity contribution is 1.02. The first-order valence-electron chi connectivity index (χ1n) is 8.00. The molecule has 3 nitrogen and oxygen atoms in total. The molecule has 0 aliphatic heterocycles. The number of nitrogens with zero attached hydrogens (tertiary/aromatic N) is 2. The van der Waals surface area contributed by atoms with E-state index in [-0.39, 0.29) is 0 Å². The fourth-order valence-electron chi connectivity index (χ4n) is 4.04. The number of hydrogen-bond acceptors (Lipinski definition) is 2. The quantitative estimate of drug-likeness (QED) is 0.427. The molecule has 0 radical (unpaired) electrons. The van der Waals surface area contributed by atoms with Crippen molar-refractivity contribution in [1.29, 1.82) is 0 Å². The van der Waals surface area contributed by atoms with Gasteiger partial charge in [-0.15, -0.1) is 0 Å². The predicted octanol–water partition coefficient (Wildman–Crippen LogP) is 4.52. The molecule has 0 fully saturated rings. The molecule has 0 saturated carbocycles. The van der Waals surface area contributed by atoms with Gasteiger partial charge in [-0.2, -0.15) is 0 Å². The number of rotatable bonds is 0. The molecule has 108 valence electrons. The third kappa shape index (κ3) is 1.39. The molecule has 0 bridgehead atoms. The van der Waals surface area contributed by atoms with Gasteiger partial charge >= 0.3 is 0 Å². The lowest BCUT2D eigenvalue weighted by atomic mass is 10.0. The van der Waals surface area contributed by atoms with Crippen LogP contribution in [0.15, 0.2) is 48.5 Å². The minimum absolute atomic E-state index is 0.873. The minimum atomic E-state index is 0.873. The van der Waals surface area contributed by atoms with E-state index in [9.17, 15) is 0 Å². The number of hydrogen-bond donors (Lipinski definition) is 1. The first-order chi connectivity index (χ1) is 11.4. The second kappa shape index (κ2) is 3.87. The molecule has 3 aromatic carbocycles. The van der Waals surface area contributed by atoms with Crippen molar-refractivity contribution in [2.24, 2.45) is 0 Å². The van der Waals surface area contributed by atoms with Crippen LogP contribution >= 0.6 is 0 Å². The Bertz CT molecular complexity index is 1260. The fraction of sp³-hybridized carbons (Fsp3) is 0.100. The van der Waals surface area contributed by atoms with Crippen molar-refractivity contribution < 1.29 is 0 Å². The van der Waals surface area contributed by atoms with Gasteiger partial charge in [0, 0.05) is 16.3 Å². The fourth-order valence-corrected chi connectivity index (χ4v) is 4.04. The Morgan fingerprint density at radius 1 is 0.783 bits per heavy atom. The van der Waals surface area contributed by atoms with Crippen LogP contribution in [-0.2, 0) is 12.8 Å². The molecular weight excluding hydrogens is 282 g/mol. The number of aryl methyl sites for hydroxylation is 2. The number of benzene rings is 3. The van der Waals surface area contributed by atoms with Crippen molar-refractivity contribution in [2.45, 2.75) is 12.8 Å². The van der Waals surface area contributed by atoms with Gasteiger partial charge in [0.1, 0.15) is 5.52 Å². The summed E-state index contributed by atoms with van der Waals surface area (Å²) >= 11 is 0. The van der Waals surface area contributed by atoms with E-state index in [4.69, 9.17) is 9.97 Å². The van der Waals surface area contributed by atoms with Gasteiger partial charge in [0.25, 0.3) is 0 Å². The Hall–Kier alpha value is -2.94. The standard InChI is InChI=1S/C20H13N3/c1-2-7-15-13(5-1)19-20(22-15)23-18-14-6-3-4-11-8-9-12(17(11)14)10-16(18)21-19/h1-7,10H,8-9H2,(H,22,23). The predicted molar refractivity (Wildman–Crippen MR) is 93.8 cm³/mol. The Morgan fingerprint density at radius 2 is 1.65 bits per heavy atom. The molecule has 6 rings (SSSR count). The van der Waals surface area contributed by atoms with Gasteiger partial charge in [0.2, 0.25) is 0 Å². The van der Waals surface area contributed by atoms with Crippen LogP contribution in [0.25, 0.3) is 43.9 Å². The second-order valence-electron chi connectivity index (χ2n) is 6.33. The first-order valence-corrected chi connectivity index (χ1v) is 8.00. The number of para-hydroxylation sites is 1. The van der Waals surface area contributed by atoms with E-state index < -0.39 is 0 Å². The van der Waals surface area contributed by atoms with Gasteiger partial charge in [0.15, 0.2) is 5.65 Å². The zero-order valence-corrected chi connectivity index (χ0v) is 12.4. The topological polar surface area (TPSA) is 41.6 Å². The van der Waals surface area contributed by atoms with Gasteiger partial charge in [0.05, 0.1) is 11.0 Å². The molecule has 0 spiro atoms. The van der Waals surface area contributed by atoms with Crippen LogP contribution in [-0.4, -0.2) is 15.0 Å². The molecule has 0 saturated heterocycles. The molecule has 1 aliphatic rings. The summed E-state index contributed by atoms with van der Waals surface area (Å²) in [6.07, 6.45) is 2.24. The second-order valence-corrected chi connectivity index (χ2v) is 6.33. The molecule has 1 N–H and O–H groups in total. The average Bonchev–Trinajstić information content (AvgIpc) is 3.16. The maximum Gasteiger partial charge on any atom is 0.157 e. The molecule has 2 aromatic heterocycles. The van der Waals surface area contributed by atoms with Crippen LogP contribution in [0, 0.1) is 0 Å². The van der Waals surface area contributed by atoms with Crippen molar-refractivity contribution in [3.63, 3.8) is 0 Å². The Labute approximate surface area is 132 Å². The summed E-state index contributed by atoms with van der Waals surface area (Å²) in [5, 5.41) is 3.77. The third-order valence-electron chi connectivity index (χ3n) is 5.06. The summed E-state index contributed by atoms with van der Waals surface area (Å²) in [6.45, 7) is 0. The van der Waals surface area contributed by atoms with E-state index in [0.717, 1.165) is 45.9 Å². The molecule has 2 heterocycles. The average molecular weight is 295 g/mol. The van der Waals surface area contributed by atoms with Crippen LogP contribution < -0.4 is 0 Å². The van der Waals surface area contributed by atoms with Gasteiger partial charge in [-0.1, -0.05) is 36.4 Å². The Kier molecular flexibility index (Phi) is 1.95. The third-order valence-corrected chi connectivity index (χ3v) is 5.06. The molecule has 23 heavy (non-hydrogen) atoms. The highest BCUT2D eigenvalue weighted by atomic mass is 14.9.